The van der Waals surface area contributed by atoms with E-state index in [9.17, 15) is 4.79 Å². The number of hydrogen-bond acceptors (Lipinski definition) is 3. The third-order valence-corrected chi connectivity index (χ3v) is 6.22. The second kappa shape index (κ2) is 6.68. The largest absolute Gasteiger partial charge is 0.381 e. The van der Waals surface area contributed by atoms with E-state index in [1.54, 1.807) is 4.68 Å². The van der Waals surface area contributed by atoms with E-state index in [-0.39, 0.29) is 12.1 Å². The molecule has 1 saturated carbocycles. The standard InChI is InChI=1S/C21H26N4O2/c1-24-12-18(20(23-24)15-7-8-15)22-21(26)25-11-16(14-5-3-2-4-6-14)17-13-27-10-9-19(17)25/h2-6,12,15-17,19H,7-11,13H2,1H3,(H,22,26). The topological polar surface area (TPSA) is 59.4 Å². The molecule has 3 atom stereocenters. The van der Waals surface area contributed by atoms with E-state index in [0.717, 1.165) is 37.6 Å². The fraction of sp³-hybridized carbons (Fsp3) is 0.524. The van der Waals surface area contributed by atoms with Crippen LogP contribution in [0.2, 0.25) is 0 Å². The lowest BCUT2D eigenvalue weighted by molar-refractivity contribution is 0.0272. The van der Waals surface area contributed by atoms with E-state index < -0.39 is 0 Å². The lowest BCUT2D eigenvalue weighted by Crippen LogP contribution is -2.44. The van der Waals surface area contributed by atoms with Gasteiger partial charge in [-0.2, -0.15) is 5.10 Å². The normalized spacial score (nSPS) is 27.4. The van der Waals surface area contributed by atoms with Gasteiger partial charge in [0.1, 0.15) is 0 Å². The molecule has 1 aromatic carbocycles. The number of nitrogens with one attached hydrogen (secondary N) is 1. The van der Waals surface area contributed by atoms with Gasteiger partial charge < -0.3 is 15.0 Å². The predicted octanol–water partition coefficient (Wildman–Crippen LogP) is 3.33. The molecule has 3 unspecified atom stereocenters. The molecule has 5 rings (SSSR count). The number of fused-ring (bicyclic) bond motifs is 1. The van der Waals surface area contributed by atoms with E-state index in [2.05, 4.69) is 34.7 Å². The maximum Gasteiger partial charge on any atom is 0.322 e. The molecular formula is C21H26N4O2. The molecule has 3 heterocycles. The van der Waals surface area contributed by atoms with Gasteiger partial charge in [-0.05, 0) is 24.8 Å². The predicted molar refractivity (Wildman–Crippen MR) is 103 cm³/mol. The summed E-state index contributed by atoms with van der Waals surface area (Å²) in [4.78, 5) is 15.2. The number of carbonyl (C=O) groups excluding carboxylic acids is 1. The summed E-state index contributed by atoms with van der Waals surface area (Å²) in [5.41, 5.74) is 3.21. The first kappa shape index (κ1) is 16.8. The van der Waals surface area contributed by atoms with Crippen LogP contribution >= 0.6 is 0 Å². The number of nitrogens with zero attached hydrogens (tertiary/aromatic N) is 3. The molecular weight excluding hydrogens is 340 g/mol. The van der Waals surface area contributed by atoms with Gasteiger partial charge >= 0.3 is 6.03 Å². The summed E-state index contributed by atoms with van der Waals surface area (Å²) >= 11 is 0. The zero-order valence-electron chi connectivity index (χ0n) is 15.7. The van der Waals surface area contributed by atoms with Crippen LogP contribution in [0.1, 0.15) is 42.4 Å². The monoisotopic (exact) mass is 366 g/mol. The fourth-order valence-electron chi connectivity index (χ4n) is 4.74. The molecule has 1 N–H and O–H groups in total. The molecule has 2 amide bonds. The second-order valence-electron chi connectivity index (χ2n) is 8.07. The molecule has 3 fully saturated rings. The van der Waals surface area contributed by atoms with Crippen LogP contribution in [-0.2, 0) is 11.8 Å². The molecule has 0 radical (unpaired) electrons. The van der Waals surface area contributed by atoms with Crippen LogP contribution in [0.15, 0.2) is 36.5 Å². The van der Waals surface area contributed by atoms with Crippen LogP contribution in [0.25, 0.3) is 0 Å². The van der Waals surface area contributed by atoms with E-state index in [1.807, 2.05) is 24.2 Å². The molecule has 0 bridgehead atoms. The molecule has 6 heteroatoms. The number of ether oxygens (including phenoxy) is 1. The first-order valence-electron chi connectivity index (χ1n) is 9.94. The van der Waals surface area contributed by atoms with Crippen LogP contribution in [0.3, 0.4) is 0 Å². The van der Waals surface area contributed by atoms with Crippen LogP contribution in [0, 0.1) is 5.92 Å². The molecule has 3 aliphatic rings. The molecule has 1 aromatic heterocycles. The first-order chi connectivity index (χ1) is 13.2. The summed E-state index contributed by atoms with van der Waals surface area (Å²) in [6.07, 6.45) is 5.17. The van der Waals surface area contributed by atoms with Crippen molar-refractivity contribution in [1.82, 2.24) is 14.7 Å². The summed E-state index contributed by atoms with van der Waals surface area (Å²) in [5.74, 6) is 1.20. The zero-order chi connectivity index (χ0) is 18.4. The Kier molecular flexibility index (Phi) is 4.16. The molecule has 2 aliphatic heterocycles. The molecule has 2 aromatic rings. The highest BCUT2D eigenvalue weighted by molar-refractivity contribution is 5.90. The third kappa shape index (κ3) is 3.12. The van der Waals surface area contributed by atoms with Gasteiger partial charge in [0.2, 0.25) is 0 Å². The van der Waals surface area contributed by atoms with E-state index >= 15 is 0 Å². The van der Waals surface area contributed by atoms with E-state index in [0.29, 0.717) is 17.8 Å². The van der Waals surface area contributed by atoms with Crippen molar-refractivity contribution in [2.45, 2.75) is 37.1 Å². The number of hydrogen-bond donors (Lipinski definition) is 1. The summed E-state index contributed by atoms with van der Waals surface area (Å²) in [5, 5.41) is 7.72. The van der Waals surface area contributed by atoms with Gasteiger partial charge in [0.25, 0.3) is 0 Å². The zero-order valence-corrected chi connectivity index (χ0v) is 15.7. The van der Waals surface area contributed by atoms with Gasteiger partial charge in [-0.25, -0.2) is 4.79 Å². The molecule has 27 heavy (non-hydrogen) atoms. The number of likely N-dealkylation sites (tertiary alicyclic amines) is 1. The Balaban J connectivity index is 1.38. The van der Waals surface area contributed by atoms with Crippen molar-refractivity contribution in [3.63, 3.8) is 0 Å². The van der Waals surface area contributed by atoms with Gasteiger partial charge in [0, 0.05) is 50.2 Å². The number of amides is 2. The highest BCUT2D eigenvalue weighted by atomic mass is 16.5. The molecule has 1 aliphatic carbocycles. The average molecular weight is 366 g/mol. The minimum atomic E-state index is 0.000214. The number of urea groups is 1. The van der Waals surface area contributed by atoms with Crippen LogP contribution in [0.4, 0.5) is 10.5 Å². The summed E-state index contributed by atoms with van der Waals surface area (Å²) in [7, 11) is 1.91. The maximum atomic E-state index is 13.2. The van der Waals surface area contributed by atoms with Gasteiger partial charge in [-0.3, -0.25) is 4.68 Å². The SMILES string of the molecule is Cn1cc(NC(=O)N2CC(c3ccccc3)C3COCCC32)c(C2CC2)n1. The number of benzene rings is 1. The van der Waals surface area contributed by atoms with Crippen LogP contribution in [0.5, 0.6) is 0 Å². The van der Waals surface area contributed by atoms with Crippen LogP contribution < -0.4 is 5.32 Å². The van der Waals surface area contributed by atoms with Crippen molar-refractivity contribution in [1.29, 1.82) is 0 Å². The summed E-state index contributed by atoms with van der Waals surface area (Å²) in [6.45, 7) is 2.20. The van der Waals surface area contributed by atoms with Crippen molar-refractivity contribution >= 4 is 11.7 Å². The Morgan fingerprint density at radius 3 is 2.81 bits per heavy atom. The van der Waals surface area contributed by atoms with E-state index in [4.69, 9.17) is 4.74 Å². The third-order valence-electron chi connectivity index (χ3n) is 6.22. The van der Waals surface area contributed by atoms with Gasteiger partial charge in [-0.15, -0.1) is 0 Å². The number of aryl methyl sites for hydroxylation is 1. The van der Waals surface area contributed by atoms with Crippen molar-refractivity contribution in [2.24, 2.45) is 13.0 Å². The summed E-state index contributed by atoms with van der Waals surface area (Å²) < 4.78 is 7.57. The molecule has 2 saturated heterocycles. The molecule has 6 nitrogen and oxygen atoms in total. The smallest absolute Gasteiger partial charge is 0.322 e. The average Bonchev–Trinajstić information content (AvgIpc) is 3.36. The Morgan fingerprint density at radius 2 is 2.04 bits per heavy atom. The van der Waals surface area contributed by atoms with Crippen molar-refractivity contribution in [3.05, 3.63) is 47.8 Å². The van der Waals surface area contributed by atoms with Crippen molar-refractivity contribution in [3.8, 4) is 0 Å². The summed E-state index contributed by atoms with van der Waals surface area (Å²) in [6, 6.07) is 10.8. The lowest BCUT2D eigenvalue weighted by Gasteiger charge is -2.32. The lowest BCUT2D eigenvalue weighted by atomic mass is 9.84. The van der Waals surface area contributed by atoms with Gasteiger partial charge in [0.15, 0.2) is 0 Å². The highest BCUT2D eigenvalue weighted by Crippen LogP contribution is 2.43. The number of rotatable bonds is 3. The van der Waals surface area contributed by atoms with E-state index in [1.165, 1.54) is 18.4 Å². The minimum absolute atomic E-state index is 0.000214. The van der Waals surface area contributed by atoms with Crippen molar-refractivity contribution < 1.29 is 9.53 Å². The van der Waals surface area contributed by atoms with Crippen LogP contribution in [-0.4, -0.2) is 46.5 Å². The second-order valence-corrected chi connectivity index (χ2v) is 8.07. The highest BCUT2D eigenvalue weighted by Gasteiger charge is 2.46. The fourth-order valence-corrected chi connectivity index (χ4v) is 4.74. The quantitative estimate of drug-likeness (QED) is 0.906. The Labute approximate surface area is 159 Å². The number of carbonyl (C=O) groups is 1. The number of anilines is 1. The molecule has 0 spiro atoms. The minimum Gasteiger partial charge on any atom is -0.381 e. The van der Waals surface area contributed by atoms with Gasteiger partial charge in [-0.1, -0.05) is 30.3 Å². The van der Waals surface area contributed by atoms with Crippen molar-refractivity contribution in [2.75, 3.05) is 25.1 Å². The number of aromatic nitrogens is 2. The first-order valence-corrected chi connectivity index (χ1v) is 9.94. The maximum absolute atomic E-state index is 13.2. The van der Waals surface area contributed by atoms with Gasteiger partial charge in [0.05, 0.1) is 18.0 Å². The Morgan fingerprint density at radius 1 is 1.22 bits per heavy atom. The molecule has 142 valence electrons. The Hall–Kier alpha value is -2.34. The Bertz CT molecular complexity index is 830.